The fourth-order valence-electron chi connectivity index (χ4n) is 7.73. The van der Waals surface area contributed by atoms with Crippen LogP contribution in [0.2, 0.25) is 0 Å². The number of amides is 3. The lowest BCUT2D eigenvalue weighted by atomic mass is 10.0. The van der Waals surface area contributed by atoms with Crippen LogP contribution in [0.3, 0.4) is 0 Å². The van der Waals surface area contributed by atoms with Gasteiger partial charge < -0.3 is 30.2 Å². The zero-order chi connectivity index (χ0) is 37.8. The van der Waals surface area contributed by atoms with Gasteiger partial charge in [0.1, 0.15) is 23.7 Å². The monoisotopic (exact) mass is 730 g/mol. The Morgan fingerprint density at radius 1 is 0.833 bits per heavy atom. The molecule has 5 aromatic rings. The molecule has 0 unspecified atom stereocenters. The maximum absolute atomic E-state index is 14.2. The quantitative estimate of drug-likeness (QED) is 0.120. The highest BCUT2D eigenvalue weighted by Crippen LogP contribution is 2.36. The molecule has 280 valence electrons. The van der Waals surface area contributed by atoms with Gasteiger partial charge in [-0.2, -0.15) is 0 Å². The minimum Gasteiger partial charge on any atom is -0.465 e. The van der Waals surface area contributed by atoms with Gasteiger partial charge in [-0.1, -0.05) is 68.4 Å². The smallest absolute Gasteiger partial charge is 0.405 e. The van der Waals surface area contributed by atoms with Crippen LogP contribution < -0.4 is 5.32 Å². The Bertz CT molecular complexity index is 2060. The summed E-state index contributed by atoms with van der Waals surface area (Å²) in [6.45, 7) is 8.54. The van der Waals surface area contributed by atoms with E-state index in [-0.39, 0.29) is 29.9 Å². The van der Waals surface area contributed by atoms with E-state index in [2.05, 4.69) is 44.0 Å². The van der Waals surface area contributed by atoms with E-state index in [0.29, 0.717) is 30.4 Å². The highest BCUT2D eigenvalue weighted by atomic mass is 16.4. The molecule has 54 heavy (non-hydrogen) atoms. The van der Waals surface area contributed by atoms with Crippen molar-refractivity contribution in [2.24, 2.45) is 0 Å². The van der Waals surface area contributed by atoms with Crippen LogP contribution >= 0.6 is 0 Å². The van der Waals surface area contributed by atoms with Crippen LogP contribution in [0.15, 0.2) is 79.4 Å². The van der Waals surface area contributed by atoms with Crippen LogP contribution in [0.1, 0.15) is 81.8 Å². The topological polar surface area (TPSA) is 176 Å². The lowest BCUT2D eigenvalue weighted by Gasteiger charge is -2.34. The molecule has 3 aromatic heterocycles. The van der Waals surface area contributed by atoms with E-state index in [1.165, 1.54) is 0 Å². The molecule has 2 aromatic carbocycles. The number of carbonyl (C=O) groups excluding carboxylic acids is 2. The number of carboxylic acid groups (broad SMARTS) is 1. The Labute approximate surface area is 314 Å². The van der Waals surface area contributed by atoms with E-state index in [1.807, 2.05) is 65.7 Å². The molecular weight excluding hydrogens is 685 g/mol. The molecule has 7 rings (SSSR count). The Balaban J connectivity index is 1.02. The van der Waals surface area contributed by atoms with Gasteiger partial charge in [0.2, 0.25) is 11.8 Å². The number of rotatable bonds is 12. The van der Waals surface area contributed by atoms with Crippen molar-refractivity contribution in [1.82, 2.24) is 49.9 Å². The third-order valence-corrected chi connectivity index (χ3v) is 10.5. The normalized spacial score (nSPS) is 18.2. The van der Waals surface area contributed by atoms with Gasteiger partial charge in [-0.15, -0.1) is 0 Å². The number of aromatic nitrogens is 6. The van der Waals surface area contributed by atoms with E-state index in [0.717, 1.165) is 72.5 Å². The van der Waals surface area contributed by atoms with E-state index in [1.54, 1.807) is 30.4 Å². The Kier molecular flexibility index (Phi) is 10.8. The second-order valence-corrected chi connectivity index (χ2v) is 13.8. The standard InChI is InChI=1S/C40H46N10O4/c1-4-48(5-2)34(27-11-7-6-8-12-27)39(52)50-20-10-14-33(50)37-43-23-30(46-37)26-15-17-28(18-16-26)35-41-21-29(22-42-35)31-24-44-36(47-31)32-13-9-19-49(32)38(51)25(3)45-40(53)54/h6-8,11-12,15-18,21-25,32-34,45H,4-5,9-10,13-14,19-20H2,1-3H3,(H,43,46)(H,44,47)(H,53,54)/t25-,32-,33-,34+/m0/s1. The second kappa shape index (κ2) is 16.0. The van der Waals surface area contributed by atoms with Gasteiger partial charge in [-0.25, -0.2) is 24.7 Å². The number of H-pyrrole nitrogens is 2. The molecule has 2 aliphatic heterocycles. The minimum absolute atomic E-state index is 0.114. The van der Waals surface area contributed by atoms with Crippen molar-refractivity contribution in [1.29, 1.82) is 0 Å². The summed E-state index contributed by atoms with van der Waals surface area (Å²) in [5.41, 5.74) is 5.09. The molecule has 0 aliphatic carbocycles. The van der Waals surface area contributed by atoms with Crippen molar-refractivity contribution in [3.8, 4) is 33.9 Å². The van der Waals surface area contributed by atoms with Gasteiger partial charge in [0.15, 0.2) is 5.82 Å². The summed E-state index contributed by atoms with van der Waals surface area (Å²) >= 11 is 0. The molecule has 5 heterocycles. The van der Waals surface area contributed by atoms with Crippen LogP contribution in [0.25, 0.3) is 33.9 Å². The predicted octanol–water partition coefficient (Wildman–Crippen LogP) is 5.99. The number of aromatic amines is 2. The number of likely N-dealkylation sites (N-methyl/N-ethyl adjacent to an activating group) is 1. The first-order chi connectivity index (χ1) is 26.2. The molecule has 0 saturated carbocycles. The van der Waals surface area contributed by atoms with Crippen LogP contribution in [-0.4, -0.2) is 99.8 Å². The summed E-state index contributed by atoms with van der Waals surface area (Å²) in [7, 11) is 0. The lowest BCUT2D eigenvalue weighted by Crippen LogP contribution is -2.46. The van der Waals surface area contributed by atoms with Crippen molar-refractivity contribution in [2.75, 3.05) is 26.2 Å². The first kappa shape index (κ1) is 36.5. The SMILES string of the molecule is CCN(CC)[C@@H](C(=O)N1CCC[C@H]1c1ncc(-c2ccc(-c3ncc(-c4c[nH]c([C@@H]5CCCN5C(=O)[C@H](C)NC(=O)O)n4)cn3)cc2)[nH]1)c1ccccc1. The van der Waals surface area contributed by atoms with Crippen molar-refractivity contribution in [2.45, 2.75) is 70.6 Å². The number of hydrogen-bond acceptors (Lipinski definition) is 8. The first-order valence-electron chi connectivity index (χ1n) is 18.7. The molecule has 2 fully saturated rings. The lowest BCUT2D eigenvalue weighted by molar-refractivity contribution is -0.138. The number of nitrogens with zero attached hydrogens (tertiary/aromatic N) is 7. The third kappa shape index (κ3) is 7.47. The van der Waals surface area contributed by atoms with Crippen molar-refractivity contribution < 1.29 is 19.5 Å². The largest absolute Gasteiger partial charge is 0.465 e. The molecule has 3 amide bonds. The predicted molar refractivity (Wildman–Crippen MR) is 203 cm³/mol. The highest BCUT2D eigenvalue weighted by Gasteiger charge is 2.38. The van der Waals surface area contributed by atoms with Crippen LogP contribution in [0.5, 0.6) is 0 Å². The minimum atomic E-state index is -1.23. The summed E-state index contributed by atoms with van der Waals surface area (Å²) in [6.07, 6.45) is 9.14. The maximum atomic E-state index is 14.2. The Hall–Kier alpha value is -5.89. The zero-order valence-corrected chi connectivity index (χ0v) is 30.8. The number of likely N-dealkylation sites (tertiary alicyclic amines) is 2. The molecule has 2 saturated heterocycles. The summed E-state index contributed by atoms with van der Waals surface area (Å²) in [5, 5.41) is 11.3. The molecule has 4 N–H and O–H groups in total. The fraction of sp³-hybridized carbons (Fsp3) is 0.375. The van der Waals surface area contributed by atoms with E-state index in [4.69, 9.17) is 15.1 Å². The Morgan fingerprint density at radius 3 is 2.11 bits per heavy atom. The Morgan fingerprint density at radius 2 is 1.46 bits per heavy atom. The van der Waals surface area contributed by atoms with E-state index < -0.39 is 12.1 Å². The van der Waals surface area contributed by atoms with Crippen LogP contribution in [0.4, 0.5) is 4.79 Å². The number of hydrogen-bond donors (Lipinski definition) is 4. The number of benzene rings is 2. The maximum Gasteiger partial charge on any atom is 0.405 e. The molecular formula is C40H46N10O4. The van der Waals surface area contributed by atoms with Gasteiger partial charge in [0.25, 0.3) is 0 Å². The van der Waals surface area contributed by atoms with Crippen LogP contribution in [0, 0.1) is 0 Å². The van der Waals surface area contributed by atoms with E-state index >= 15 is 0 Å². The van der Waals surface area contributed by atoms with Gasteiger partial charge in [0, 0.05) is 42.8 Å². The first-order valence-corrected chi connectivity index (χ1v) is 18.7. The average Bonchev–Trinajstić information content (AvgIpc) is 4.03. The molecule has 0 spiro atoms. The molecule has 2 aliphatic rings. The number of carbonyl (C=O) groups is 3. The number of nitrogens with one attached hydrogen (secondary N) is 3. The third-order valence-electron chi connectivity index (χ3n) is 10.5. The fourth-order valence-corrected chi connectivity index (χ4v) is 7.73. The summed E-state index contributed by atoms with van der Waals surface area (Å²) in [6, 6.07) is 16.5. The molecule has 0 bridgehead atoms. The molecule has 0 radical (unpaired) electrons. The van der Waals surface area contributed by atoms with E-state index in [9.17, 15) is 14.4 Å². The van der Waals surface area contributed by atoms with Crippen LogP contribution in [-0.2, 0) is 9.59 Å². The van der Waals surface area contributed by atoms with Gasteiger partial charge in [-0.05, 0) is 56.8 Å². The second-order valence-electron chi connectivity index (χ2n) is 13.8. The number of imidazole rings is 2. The summed E-state index contributed by atoms with van der Waals surface area (Å²) < 4.78 is 0. The van der Waals surface area contributed by atoms with Crippen molar-refractivity contribution in [3.63, 3.8) is 0 Å². The molecule has 14 nitrogen and oxygen atoms in total. The van der Waals surface area contributed by atoms with Gasteiger partial charge in [0.05, 0.1) is 29.7 Å². The summed E-state index contributed by atoms with van der Waals surface area (Å²) in [5.74, 6) is 1.84. The zero-order valence-electron chi connectivity index (χ0n) is 30.8. The highest BCUT2D eigenvalue weighted by molar-refractivity contribution is 5.85. The van der Waals surface area contributed by atoms with Crippen molar-refractivity contribution in [3.05, 3.63) is 96.6 Å². The molecule has 14 heteroatoms. The molecule has 4 atom stereocenters. The van der Waals surface area contributed by atoms with Gasteiger partial charge >= 0.3 is 6.09 Å². The van der Waals surface area contributed by atoms with Gasteiger partial charge in [-0.3, -0.25) is 14.5 Å². The van der Waals surface area contributed by atoms with Crippen molar-refractivity contribution >= 4 is 17.9 Å². The average molecular weight is 731 g/mol. The summed E-state index contributed by atoms with van der Waals surface area (Å²) in [4.78, 5) is 69.5.